The fourth-order valence-electron chi connectivity index (χ4n) is 4.93. The second kappa shape index (κ2) is 9.08. The van der Waals surface area contributed by atoms with Crippen molar-refractivity contribution in [3.8, 4) is 5.00 Å². The molecule has 3 aromatic rings. The summed E-state index contributed by atoms with van der Waals surface area (Å²) in [5.41, 5.74) is 4.42. The Morgan fingerprint density at radius 3 is 2.94 bits per heavy atom. The number of hydrogen-bond donors (Lipinski definition) is 1. The predicted octanol–water partition coefficient (Wildman–Crippen LogP) is 5.21. The first kappa shape index (κ1) is 21.2. The Morgan fingerprint density at radius 1 is 1.22 bits per heavy atom. The number of urea groups is 1. The van der Waals surface area contributed by atoms with Gasteiger partial charge in [0, 0.05) is 36.9 Å². The van der Waals surface area contributed by atoms with Crippen molar-refractivity contribution in [3.63, 3.8) is 0 Å². The van der Waals surface area contributed by atoms with Gasteiger partial charge in [-0.05, 0) is 67.5 Å². The summed E-state index contributed by atoms with van der Waals surface area (Å²) < 4.78 is 21.6. The molecule has 32 heavy (non-hydrogen) atoms. The van der Waals surface area contributed by atoms with Crippen molar-refractivity contribution in [1.82, 2.24) is 14.8 Å². The second-order valence-corrected chi connectivity index (χ2v) is 9.55. The monoisotopic (exact) mass is 453 g/mol. The zero-order valence-corrected chi connectivity index (χ0v) is 19.1. The zero-order chi connectivity index (χ0) is 22.1. The van der Waals surface area contributed by atoms with E-state index in [9.17, 15) is 9.18 Å². The van der Waals surface area contributed by atoms with Crippen LogP contribution in [0.15, 0.2) is 42.6 Å². The van der Waals surface area contributed by atoms with E-state index in [4.69, 9.17) is 4.74 Å². The van der Waals surface area contributed by atoms with Gasteiger partial charge in [0.1, 0.15) is 10.8 Å². The Labute approximate surface area is 191 Å². The largest absolute Gasteiger partial charge is 0.385 e. The summed E-state index contributed by atoms with van der Waals surface area (Å²) in [6, 6.07) is 10.2. The molecule has 1 aliphatic carbocycles. The molecule has 2 aromatic heterocycles. The van der Waals surface area contributed by atoms with Crippen molar-refractivity contribution < 1.29 is 13.9 Å². The van der Waals surface area contributed by atoms with Crippen LogP contribution in [0, 0.1) is 5.82 Å². The average molecular weight is 454 g/mol. The van der Waals surface area contributed by atoms with Crippen LogP contribution in [0.1, 0.15) is 52.6 Å². The summed E-state index contributed by atoms with van der Waals surface area (Å²) in [5, 5.41) is 4.26. The molecule has 5 nitrogen and oxygen atoms in total. The van der Waals surface area contributed by atoms with Crippen molar-refractivity contribution in [2.45, 2.75) is 44.7 Å². The van der Waals surface area contributed by atoms with Crippen molar-refractivity contribution in [2.75, 3.05) is 20.3 Å². The highest BCUT2D eigenvalue weighted by Gasteiger charge is 2.36. The minimum Gasteiger partial charge on any atom is -0.385 e. The molecule has 3 heterocycles. The second-order valence-electron chi connectivity index (χ2n) is 8.46. The molecule has 0 bridgehead atoms. The Balaban J connectivity index is 1.60. The maximum absolute atomic E-state index is 14.2. The number of halogens is 1. The molecular weight excluding hydrogens is 425 g/mol. The standard InChI is InChI=1S/C25H28FN3O2S/c1-31-14-6-12-27-25(30)29-16-20-19-9-2-3-11-22(19)32-24(20)28-13-5-10-21(28)23(29)17-7-4-8-18(26)15-17/h4-5,7-8,10,13,15,23H,2-3,6,9,11-12,14,16H2,1H3,(H,27,30). The fraction of sp³-hybridized carbons (Fsp3) is 0.400. The van der Waals surface area contributed by atoms with Gasteiger partial charge in [-0.15, -0.1) is 11.3 Å². The summed E-state index contributed by atoms with van der Waals surface area (Å²) in [4.78, 5) is 16.8. The van der Waals surface area contributed by atoms with Crippen molar-refractivity contribution in [2.24, 2.45) is 0 Å². The van der Waals surface area contributed by atoms with Gasteiger partial charge in [0.05, 0.1) is 18.3 Å². The van der Waals surface area contributed by atoms with Crippen molar-refractivity contribution >= 4 is 17.4 Å². The lowest BCUT2D eigenvalue weighted by Crippen LogP contribution is -2.42. The van der Waals surface area contributed by atoms with Crippen molar-refractivity contribution in [3.05, 3.63) is 75.7 Å². The summed E-state index contributed by atoms with van der Waals surface area (Å²) in [6.07, 6.45) is 7.40. The highest BCUT2D eigenvalue weighted by molar-refractivity contribution is 7.15. The normalized spacial score (nSPS) is 17.3. The molecule has 1 N–H and O–H groups in total. The molecule has 5 rings (SSSR count). The molecule has 0 fully saturated rings. The lowest BCUT2D eigenvalue weighted by molar-refractivity contribution is 0.174. The van der Waals surface area contributed by atoms with E-state index in [-0.39, 0.29) is 17.9 Å². The van der Waals surface area contributed by atoms with Crippen molar-refractivity contribution in [1.29, 1.82) is 0 Å². The van der Waals surface area contributed by atoms with Gasteiger partial charge in [-0.25, -0.2) is 9.18 Å². The zero-order valence-electron chi connectivity index (χ0n) is 18.3. The van der Waals surface area contributed by atoms with Gasteiger partial charge in [0.25, 0.3) is 0 Å². The lowest BCUT2D eigenvalue weighted by Gasteiger charge is -2.31. The molecule has 2 aliphatic rings. The number of thiophene rings is 1. The number of fused-ring (bicyclic) bond motifs is 5. The van der Waals surface area contributed by atoms with Crippen LogP contribution in [0.4, 0.5) is 9.18 Å². The Kier molecular flexibility index (Phi) is 6.02. The predicted molar refractivity (Wildman–Crippen MR) is 124 cm³/mol. The number of nitrogens with one attached hydrogen (secondary N) is 1. The van der Waals surface area contributed by atoms with Crippen LogP contribution < -0.4 is 5.32 Å². The number of aromatic nitrogens is 1. The van der Waals surface area contributed by atoms with Crippen LogP contribution in [0.25, 0.3) is 5.00 Å². The molecule has 7 heteroatoms. The number of benzene rings is 1. The molecule has 0 spiro atoms. The van der Waals surface area contributed by atoms with E-state index in [1.165, 1.54) is 39.9 Å². The topological polar surface area (TPSA) is 46.5 Å². The molecule has 1 atom stereocenters. The van der Waals surface area contributed by atoms with Crippen LogP contribution in [-0.4, -0.2) is 35.8 Å². The van der Waals surface area contributed by atoms with E-state index in [1.54, 1.807) is 19.2 Å². The Bertz CT molecular complexity index is 1120. The van der Waals surface area contributed by atoms with E-state index in [1.807, 2.05) is 28.4 Å². The number of amides is 2. The van der Waals surface area contributed by atoms with Crippen LogP contribution >= 0.6 is 11.3 Å². The molecule has 1 unspecified atom stereocenters. The van der Waals surface area contributed by atoms with Gasteiger partial charge in [0.15, 0.2) is 0 Å². The van der Waals surface area contributed by atoms with E-state index in [0.29, 0.717) is 19.7 Å². The van der Waals surface area contributed by atoms with Crippen LogP contribution in [-0.2, 0) is 24.1 Å². The number of aryl methyl sites for hydroxylation is 1. The summed E-state index contributed by atoms with van der Waals surface area (Å²) in [6.45, 7) is 1.65. The summed E-state index contributed by atoms with van der Waals surface area (Å²) in [5.74, 6) is -0.294. The van der Waals surface area contributed by atoms with Crippen LogP contribution in [0.2, 0.25) is 0 Å². The molecule has 1 aliphatic heterocycles. The maximum atomic E-state index is 14.2. The van der Waals surface area contributed by atoms with E-state index in [0.717, 1.165) is 30.5 Å². The van der Waals surface area contributed by atoms with Gasteiger partial charge in [0.2, 0.25) is 0 Å². The molecule has 0 saturated heterocycles. The van der Waals surface area contributed by atoms with Crippen LogP contribution in [0.3, 0.4) is 0 Å². The van der Waals surface area contributed by atoms with Gasteiger partial charge < -0.3 is 19.5 Å². The summed E-state index contributed by atoms with van der Waals surface area (Å²) >= 11 is 1.85. The van der Waals surface area contributed by atoms with Crippen LogP contribution in [0.5, 0.6) is 0 Å². The first-order valence-corrected chi connectivity index (χ1v) is 12.1. The number of rotatable bonds is 5. The smallest absolute Gasteiger partial charge is 0.318 e. The van der Waals surface area contributed by atoms with Gasteiger partial charge >= 0.3 is 6.03 Å². The van der Waals surface area contributed by atoms with Gasteiger partial charge in [-0.3, -0.25) is 0 Å². The third-order valence-electron chi connectivity index (χ3n) is 6.41. The SMILES string of the molecule is COCCCNC(=O)N1Cc2c(sc3c2CCCC3)-n2cccc2C1c1cccc(F)c1. The molecule has 1 aromatic carbocycles. The molecule has 0 saturated carbocycles. The van der Waals surface area contributed by atoms with Gasteiger partial charge in [-0.1, -0.05) is 12.1 Å². The molecule has 0 radical (unpaired) electrons. The number of carbonyl (C=O) groups excluding carboxylic acids is 1. The molecule has 168 valence electrons. The number of nitrogens with zero attached hydrogens (tertiary/aromatic N) is 2. The minimum absolute atomic E-state index is 0.133. The summed E-state index contributed by atoms with van der Waals surface area (Å²) in [7, 11) is 1.66. The Morgan fingerprint density at radius 2 is 2.09 bits per heavy atom. The number of carbonyl (C=O) groups is 1. The lowest BCUT2D eigenvalue weighted by atomic mass is 9.95. The number of hydrogen-bond acceptors (Lipinski definition) is 3. The molecule has 2 amide bonds. The van der Waals surface area contributed by atoms with Gasteiger partial charge in [-0.2, -0.15) is 0 Å². The van der Waals surface area contributed by atoms with E-state index < -0.39 is 0 Å². The highest BCUT2D eigenvalue weighted by Crippen LogP contribution is 2.44. The number of methoxy groups -OCH3 is 1. The first-order valence-electron chi connectivity index (χ1n) is 11.3. The minimum atomic E-state index is -0.373. The number of ether oxygens (including phenoxy) is 1. The third-order valence-corrected chi connectivity index (χ3v) is 7.74. The average Bonchev–Trinajstić information content (AvgIpc) is 3.38. The van der Waals surface area contributed by atoms with E-state index in [2.05, 4.69) is 22.1 Å². The maximum Gasteiger partial charge on any atom is 0.318 e. The molecular formula is C25H28FN3O2S. The Hall–Kier alpha value is -2.64. The fourth-order valence-corrected chi connectivity index (χ4v) is 6.33. The quantitative estimate of drug-likeness (QED) is 0.539. The third kappa shape index (κ3) is 3.84. The van der Waals surface area contributed by atoms with E-state index >= 15 is 0 Å². The first-order chi connectivity index (χ1) is 15.7. The highest BCUT2D eigenvalue weighted by atomic mass is 32.1.